The number of carbonyl (C=O) groups excluding carboxylic acids is 1. The van der Waals surface area contributed by atoms with E-state index in [2.05, 4.69) is 28.2 Å². The number of nitrogens with one attached hydrogen (secondary N) is 1. The van der Waals surface area contributed by atoms with Gasteiger partial charge in [0, 0.05) is 10.9 Å². The van der Waals surface area contributed by atoms with E-state index in [1.165, 1.54) is 31.7 Å². The van der Waals surface area contributed by atoms with Crippen molar-refractivity contribution >= 4 is 33.5 Å². The van der Waals surface area contributed by atoms with E-state index in [4.69, 9.17) is 5.11 Å². The molecule has 1 rings (SSSR count). The first-order valence-electron chi connectivity index (χ1n) is 7.87. The molecule has 0 bridgehead atoms. The number of aromatic carboxylic acids is 1. The van der Waals surface area contributed by atoms with E-state index in [0.717, 1.165) is 19.3 Å². The molecule has 0 radical (unpaired) electrons. The summed E-state index contributed by atoms with van der Waals surface area (Å²) < 4.78 is 0.676. The standard InChI is InChI=1S/C17H24BrNO3/c1-2-3-4-5-6-7-8-9-16(20)19-15-11-10-13(18)12-14(15)17(21)22/h10-12H,2-9H2,1H3,(H,19,20)(H,21,22). The van der Waals surface area contributed by atoms with Crippen molar-refractivity contribution in [2.24, 2.45) is 0 Å². The van der Waals surface area contributed by atoms with E-state index in [9.17, 15) is 9.59 Å². The second kappa shape index (κ2) is 10.4. The molecular weight excluding hydrogens is 346 g/mol. The van der Waals surface area contributed by atoms with Crippen molar-refractivity contribution in [3.63, 3.8) is 0 Å². The minimum atomic E-state index is -1.05. The highest BCUT2D eigenvalue weighted by Gasteiger charge is 2.12. The molecule has 0 saturated heterocycles. The maximum atomic E-state index is 11.9. The molecule has 122 valence electrons. The van der Waals surface area contributed by atoms with E-state index >= 15 is 0 Å². The van der Waals surface area contributed by atoms with E-state index in [1.807, 2.05) is 0 Å². The average molecular weight is 370 g/mol. The van der Waals surface area contributed by atoms with Crippen molar-refractivity contribution in [3.8, 4) is 0 Å². The molecule has 0 heterocycles. The van der Waals surface area contributed by atoms with Crippen LogP contribution >= 0.6 is 15.9 Å². The fourth-order valence-corrected chi connectivity index (χ4v) is 2.62. The number of carboxylic acids is 1. The topological polar surface area (TPSA) is 66.4 Å². The summed E-state index contributed by atoms with van der Waals surface area (Å²) >= 11 is 3.23. The predicted molar refractivity (Wildman–Crippen MR) is 92.3 cm³/mol. The van der Waals surface area contributed by atoms with Gasteiger partial charge in [-0.1, -0.05) is 61.4 Å². The van der Waals surface area contributed by atoms with E-state index < -0.39 is 5.97 Å². The molecule has 0 fully saturated rings. The van der Waals surface area contributed by atoms with Crippen molar-refractivity contribution < 1.29 is 14.7 Å². The number of carbonyl (C=O) groups is 2. The number of halogens is 1. The van der Waals surface area contributed by atoms with Gasteiger partial charge in [0.1, 0.15) is 0 Å². The molecule has 1 aromatic rings. The quantitative estimate of drug-likeness (QED) is 0.555. The van der Waals surface area contributed by atoms with Gasteiger partial charge in [-0.3, -0.25) is 4.79 Å². The number of hydrogen-bond donors (Lipinski definition) is 2. The summed E-state index contributed by atoms with van der Waals surface area (Å²) in [6.45, 7) is 2.19. The van der Waals surface area contributed by atoms with Crippen LogP contribution in [0.25, 0.3) is 0 Å². The summed E-state index contributed by atoms with van der Waals surface area (Å²) in [4.78, 5) is 23.1. The summed E-state index contributed by atoms with van der Waals surface area (Å²) in [5.74, 6) is -1.18. The molecule has 0 aliphatic heterocycles. The number of anilines is 1. The van der Waals surface area contributed by atoms with Crippen LogP contribution in [0, 0.1) is 0 Å². The summed E-state index contributed by atoms with van der Waals surface area (Å²) in [6, 6.07) is 4.82. The van der Waals surface area contributed by atoms with Gasteiger partial charge >= 0.3 is 5.97 Å². The zero-order valence-corrected chi connectivity index (χ0v) is 14.6. The lowest BCUT2D eigenvalue weighted by molar-refractivity contribution is -0.116. The van der Waals surface area contributed by atoms with Crippen molar-refractivity contribution in [1.82, 2.24) is 0 Å². The summed E-state index contributed by atoms with van der Waals surface area (Å²) in [7, 11) is 0. The Morgan fingerprint density at radius 3 is 2.36 bits per heavy atom. The van der Waals surface area contributed by atoms with Gasteiger partial charge in [-0.15, -0.1) is 0 Å². The van der Waals surface area contributed by atoms with E-state index in [0.29, 0.717) is 16.6 Å². The van der Waals surface area contributed by atoms with Gasteiger partial charge in [0.15, 0.2) is 0 Å². The van der Waals surface area contributed by atoms with Gasteiger partial charge in [-0.2, -0.15) is 0 Å². The second-order valence-corrected chi connectivity index (χ2v) is 6.33. The van der Waals surface area contributed by atoms with Crippen LogP contribution in [-0.2, 0) is 4.79 Å². The molecule has 0 aromatic heterocycles. The number of amides is 1. The normalized spacial score (nSPS) is 10.5. The number of unbranched alkanes of at least 4 members (excludes halogenated alkanes) is 6. The van der Waals surface area contributed by atoms with Crippen LogP contribution < -0.4 is 5.32 Å². The second-order valence-electron chi connectivity index (χ2n) is 5.41. The highest BCUT2D eigenvalue weighted by Crippen LogP contribution is 2.21. The van der Waals surface area contributed by atoms with Crippen LogP contribution in [0.2, 0.25) is 0 Å². The fraction of sp³-hybridized carbons (Fsp3) is 0.529. The van der Waals surface area contributed by atoms with E-state index in [-0.39, 0.29) is 11.5 Å². The smallest absolute Gasteiger partial charge is 0.337 e. The van der Waals surface area contributed by atoms with Gasteiger partial charge in [0.05, 0.1) is 11.3 Å². The molecule has 5 heteroatoms. The number of hydrogen-bond acceptors (Lipinski definition) is 2. The zero-order chi connectivity index (χ0) is 16.4. The molecule has 1 aromatic carbocycles. The van der Waals surface area contributed by atoms with Crippen molar-refractivity contribution in [2.75, 3.05) is 5.32 Å². The lowest BCUT2D eigenvalue weighted by Gasteiger charge is -2.09. The molecule has 0 unspecified atom stereocenters. The SMILES string of the molecule is CCCCCCCCCC(=O)Nc1ccc(Br)cc1C(=O)O. The molecule has 0 spiro atoms. The van der Waals surface area contributed by atoms with Gasteiger partial charge in [0.25, 0.3) is 0 Å². The minimum absolute atomic E-state index is 0.0993. The minimum Gasteiger partial charge on any atom is -0.478 e. The Labute approximate surface area is 140 Å². The Bertz CT molecular complexity index is 503. The van der Waals surface area contributed by atoms with Gasteiger partial charge < -0.3 is 10.4 Å². The van der Waals surface area contributed by atoms with Crippen molar-refractivity contribution in [3.05, 3.63) is 28.2 Å². The predicted octanol–water partition coefficient (Wildman–Crippen LogP) is 5.23. The number of benzene rings is 1. The van der Waals surface area contributed by atoms with Crippen LogP contribution in [0.4, 0.5) is 5.69 Å². The lowest BCUT2D eigenvalue weighted by Crippen LogP contribution is -2.14. The molecule has 2 N–H and O–H groups in total. The third kappa shape index (κ3) is 7.07. The van der Waals surface area contributed by atoms with Gasteiger partial charge in [-0.05, 0) is 24.6 Å². The third-order valence-corrected chi connectivity index (χ3v) is 3.99. The maximum absolute atomic E-state index is 11.9. The average Bonchev–Trinajstić information content (AvgIpc) is 2.48. The Morgan fingerprint density at radius 1 is 1.09 bits per heavy atom. The highest BCUT2D eigenvalue weighted by atomic mass is 79.9. The molecule has 22 heavy (non-hydrogen) atoms. The molecular formula is C17H24BrNO3. The van der Waals surface area contributed by atoms with E-state index in [1.54, 1.807) is 12.1 Å². The maximum Gasteiger partial charge on any atom is 0.337 e. The summed E-state index contributed by atoms with van der Waals surface area (Å²) in [5, 5.41) is 11.8. The van der Waals surface area contributed by atoms with Crippen LogP contribution in [0.15, 0.2) is 22.7 Å². The molecule has 0 aliphatic carbocycles. The number of rotatable bonds is 10. The summed E-state index contributed by atoms with van der Waals surface area (Å²) in [5.41, 5.74) is 0.450. The molecule has 1 amide bonds. The van der Waals surface area contributed by atoms with Crippen LogP contribution in [-0.4, -0.2) is 17.0 Å². The fourth-order valence-electron chi connectivity index (χ4n) is 2.26. The Kier molecular flexibility index (Phi) is 8.82. The first kappa shape index (κ1) is 18.7. The molecule has 0 saturated carbocycles. The largest absolute Gasteiger partial charge is 0.478 e. The van der Waals surface area contributed by atoms with Crippen molar-refractivity contribution in [1.29, 1.82) is 0 Å². The highest BCUT2D eigenvalue weighted by molar-refractivity contribution is 9.10. The van der Waals surface area contributed by atoms with Crippen LogP contribution in [0.5, 0.6) is 0 Å². The zero-order valence-electron chi connectivity index (χ0n) is 13.0. The van der Waals surface area contributed by atoms with Crippen molar-refractivity contribution in [2.45, 2.75) is 58.3 Å². The first-order chi connectivity index (χ1) is 10.5. The Hall–Kier alpha value is -1.36. The third-order valence-electron chi connectivity index (χ3n) is 3.49. The number of carboxylic acid groups (broad SMARTS) is 1. The first-order valence-corrected chi connectivity index (χ1v) is 8.66. The molecule has 0 aliphatic rings. The van der Waals surface area contributed by atoms with Crippen LogP contribution in [0.3, 0.4) is 0 Å². The Balaban J connectivity index is 2.35. The van der Waals surface area contributed by atoms with Crippen LogP contribution in [0.1, 0.15) is 68.6 Å². The summed E-state index contributed by atoms with van der Waals surface area (Å²) in [6.07, 6.45) is 8.49. The molecule has 0 atom stereocenters. The Morgan fingerprint density at radius 2 is 1.73 bits per heavy atom. The van der Waals surface area contributed by atoms with Gasteiger partial charge in [-0.25, -0.2) is 4.79 Å². The van der Waals surface area contributed by atoms with Gasteiger partial charge in [0.2, 0.25) is 5.91 Å². The lowest BCUT2D eigenvalue weighted by atomic mass is 10.1. The monoisotopic (exact) mass is 369 g/mol. The molecule has 4 nitrogen and oxygen atoms in total.